The molecule has 0 bridgehead atoms. The Bertz CT molecular complexity index is 643. The van der Waals surface area contributed by atoms with Crippen molar-refractivity contribution < 1.29 is 4.79 Å². The first-order chi connectivity index (χ1) is 10.8. The van der Waals surface area contributed by atoms with E-state index >= 15 is 0 Å². The van der Waals surface area contributed by atoms with Crippen molar-refractivity contribution in [3.63, 3.8) is 0 Å². The second kappa shape index (κ2) is 7.70. The van der Waals surface area contributed by atoms with Gasteiger partial charge < -0.3 is 5.32 Å². The number of carbonyl (C=O) groups excluding carboxylic acids is 1. The number of thiazole rings is 1. The summed E-state index contributed by atoms with van der Waals surface area (Å²) in [5.41, 5.74) is 2.36. The molecular formula is C17H20N2OS2. The average Bonchev–Trinajstić information content (AvgIpc) is 3.19. The summed E-state index contributed by atoms with van der Waals surface area (Å²) in [7, 11) is 0. The molecule has 5 heteroatoms. The van der Waals surface area contributed by atoms with Crippen molar-refractivity contribution in [1.29, 1.82) is 0 Å². The van der Waals surface area contributed by atoms with Crippen LogP contribution < -0.4 is 5.32 Å². The fourth-order valence-electron chi connectivity index (χ4n) is 2.62. The fourth-order valence-corrected chi connectivity index (χ4v) is 4.26. The largest absolute Gasteiger partial charge is 0.355 e. The Morgan fingerprint density at radius 3 is 3.05 bits per heavy atom. The number of hydrogen-bond acceptors (Lipinski definition) is 4. The van der Waals surface area contributed by atoms with E-state index in [0.29, 0.717) is 6.42 Å². The second-order valence-corrected chi connectivity index (χ2v) is 7.31. The molecule has 1 amide bonds. The van der Waals surface area contributed by atoms with Crippen LogP contribution in [0.3, 0.4) is 0 Å². The van der Waals surface area contributed by atoms with Gasteiger partial charge in [0.25, 0.3) is 0 Å². The minimum atomic E-state index is 0.0689. The Labute approximate surface area is 139 Å². The van der Waals surface area contributed by atoms with Gasteiger partial charge >= 0.3 is 0 Å². The van der Waals surface area contributed by atoms with E-state index in [1.807, 2.05) is 16.8 Å². The van der Waals surface area contributed by atoms with Crippen molar-refractivity contribution in [2.45, 2.75) is 38.5 Å². The predicted octanol–water partition coefficient (Wildman–Crippen LogP) is 4.42. The van der Waals surface area contributed by atoms with Crippen LogP contribution in [0.1, 0.15) is 37.8 Å². The first-order valence-electron chi connectivity index (χ1n) is 7.74. The van der Waals surface area contributed by atoms with Crippen LogP contribution >= 0.6 is 22.7 Å². The molecule has 116 valence electrons. The molecule has 2 aromatic heterocycles. The van der Waals surface area contributed by atoms with Crippen LogP contribution in [0.5, 0.6) is 0 Å². The number of thiophene rings is 1. The van der Waals surface area contributed by atoms with Crippen molar-refractivity contribution in [2.75, 3.05) is 6.54 Å². The smallest absolute Gasteiger partial charge is 0.226 e. The number of carbonyl (C=O) groups is 1. The van der Waals surface area contributed by atoms with Gasteiger partial charge in [-0.25, -0.2) is 4.98 Å². The fraction of sp³-hybridized carbons (Fsp3) is 0.412. The lowest BCUT2D eigenvalue weighted by atomic mass is 9.97. The number of nitrogens with one attached hydrogen (secondary N) is 1. The maximum absolute atomic E-state index is 12.0. The molecular weight excluding hydrogens is 312 g/mol. The Balaban J connectivity index is 1.44. The van der Waals surface area contributed by atoms with Crippen molar-refractivity contribution in [2.24, 2.45) is 0 Å². The quantitative estimate of drug-likeness (QED) is 0.796. The monoisotopic (exact) mass is 332 g/mol. The number of amides is 1. The zero-order valence-corrected chi connectivity index (χ0v) is 14.1. The summed E-state index contributed by atoms with van der Waals surface area (Å²) in [4.78, 5) is 17.7. The van der Waals surface area contributed by atoms with E-state index in [1.165, 1.54) is 36.1 Å². The number of aromatic nitrogens is 1. The van der Waals surface area contributed by atoms with Crippen LogP contribution in [0.15, 0.2) is 34.5 Å². The summed E-state index contributed by atoms with van der Waals surface area (Å²) in [6, 6.07) is 4.08. The number of allylic oxidation sites excluding steroid dienone is 1. The van der Waals surface area contributed by atoms with E-state index in [9.17, 15) is 4.79 Å². The molecule has 0 spiro atoms. The molecule has 0 aliphatic heterocycles. The standard InChI is InChI=1S/C17H20N2OS2/c20-16(18-9-8-13-5-2-1-3-6-13)11-14-12-22-17(19-14)15-7-4-10-21-15/h4-5,7,10,12H,1-3,6,8-9,11H2,(H,18,20). The second-order valence-electron chi connectivity index (χ2n) is 5.51. The molecule has 0 atom stereocenters. The van der Waals surface area contributed by atoms with Gasteiger partial charge in [0, 0.05) is 11.9 Å². The van der Waals surface area contributed by atoms with Gasteiger partial charge in [-0.2, -0.15) is 0 Å². The highest BCUT2D eigenvalue weighted by molar-refractivity contribution is 7.20. The molecule has 0 radical (unpaired) electrons. The van der Waals surface area contributed by atoms with Crippen LogP contribution in [-0.2, 0) is 11.2 Å². The van der Waals surface area contributed by atoms with Gasteiger partial charge in [0.15, 0.2) is 0 Å². The van der Waals surface area contributed by atoms with Crippen molar-refractivity contribution in [3.05, 3.63) is 40.2 Å². The number of rotatable bonds is 6. The normalized spacial score (nSPS) is 14.6. The van der Waals surface area contributed by atoms with Gasteiger partial charge in [0.2, 0.25) is 5.91 Å². The molecule has 0 aromatic carbocycles. The summed E-state index contributed by atoms with van der Waals surface area (Å²) in [5, 5.41) is 8.04. The van der Waals surface area contributed by atoms with Crippen LogP contribution in [0.2, 0.25) is 0 Å². The summed E-state index contributed by atoms with van der Waals surface area (Å²) in [6.07, 6.45) is 8.71. The maximum Gasteiger partial charge on any atom is 0.226 e. The minimum absolute atomic E-state index is 0.0689. The third-order valence-electron chi connectivity index (χ3n) is 3.78. The number of nitrogens with zero attached hydrogens (tertiary/aromatic N) is 1. The molecule has 0 saturated carbocycles. The highest BCUT2D eigenvalue weighted by atomic mass is 32.1. The maximum atomic E-state index is 12.0. The SMILES string of the molecule is O=C(Cc1csc(-c2cccs2)n1)NCCC1=CCCCC1. The van der Waals surface area contributed by atoms with Crippen molar-refractivity contribution in [1.82, 2.24) is 10.3 Å². The Kier molecular flexibility index (Phi) is 5.40. The Morgan fingerprint density at radius 1 is 1.32 bits per heavy atom. The zero-order valence-electron chi connectivity index (χ0n) is 12.5. The first-order valence-corrected chi connectivity index (χ1v) is 9.50. The van der Waals surface area contributed by atoms with Crippen LogP contribution in [0, 0.1) is 0 Å². The van der Waals surface area contributed by atoms with E-state index in [1.54, 1.807) is 22.7 Å². The van der Waals surface area contributed by atoms with E-state index in [2.05, 4.69) is 22.4 Å². The van der Waals surface area contributed by atoms with Crippen molar-refractivity contribution in [3.8, 4) is 9.88 Å². The lowest BCUT2D eigenvalue weighted by Crippen LogP contribution is -2.26. The Morgan fingerprint density at radius 2 is 2.27 bits per heavy atom. The molecule has 0 saturated heterocycles. The van der Waals surface area contributed by atoms with Gasteiger partial charge in [0.05, 0.1) is 17.0 Å². The van der Waals surface area contributed by atoms with Gasteiger partial charge in [-0.1, -0.05) is 17.7 Å². The van der Waals surface area contributed by atoms with Crippen molar-refractivity contribution >= 4 is 28.6 Å². The number of hydrogen-bond donors (Lipinski definition) is 1. The molecule has 1 N–H and O–H groups in total. The van der Waals surface area contributed by atoms with Gasteiger partial charge in [-0.05, 0) is 43.6 Å². The van der Waals surface area contributed by atoms with Gasteiger partial charge in [0.1, 0.15) is 5.01 Å². The third kappa shape index (κ3) is 4.27. The summed E-state index contributed by atoms with van der Waals surface area (Å²) < 4.78 is 0. The zero-order chi connectivity index (χ0) is 15.2. The summed E-state index contributed by atoms with van der Waals surface area (Å²) in [5.74, 6) is 0.0689. The highest BCUT2D eigenvalue weighted by Gasteiger charge is 2.10. The molecule has 2 heterocycles. The summed E-state index contributed by atoms with van der Waals surface area (Å²) in [6.45, 7) is 0.743. The van der Waals surface area contributed by atoms with Gasteiger partial charge in [-0.15, -0.1) is 22.7 Å². The highest BCUT2D eigenvalue weighted by Crippen LogP contribution is 2.27. The molecule has 0 unspecified atom stereocenters. The van der Waals surface area contributed by atoms with E-state index in [0.717, 1.165) is 23.7 Å². The van der Waals surface area contributed by atoms with Crippen LogP contribution in [-0.4, -0.2) is 17.4 Å². The molecule has 22 heavy (non-hydrogen) atoms. The molecule has 3 rings (SSSR count). The lowest BCUT2D eigenvalue weighted by molar-refractivity contribution is -0.120. The summed E-state index contributed by atoms with van der Waals surface area (Å²) >= 11 is 3.29. The van der Waals surface area contributed by atoms with Crippen LogP contribution in [0.25, 0.3) is 9.88 Å². The molecule has 1 aliphatic rings. The Hall–Kier alpha value is -1.46. The molecule has 2 aromatic rings. The first kappa shape index (κ1) is 15.4. The topological polar surface area (TPSA) is 42.0 Å². The minimum Gasteiger partial charge on any atom is -0.355 e. The predicted molar refractivity (Wildman–Crippen MR) is 93.3 cm³/mol. The third-order valence-corrected chi connectivity index (χ3v) is 5.71. The van der Waals surface area contributed by atoms with E-state index in [4.69, 9.17) is 0 Å². The van der Waals surface area contributed by atoms with Gasteiger partial charge in [-0.3, -0.25) is 4.79 Å². The van der Waals surface area contributed by atoms with Crippen LogP contribution in [0.4, 0.5) is 0 Å². The molecule has 1 aliphatic carbocycles. The van der Waals surface area contributed by atoms with E-state index < -0.39 is 0 Å². The molecule has 0 fully saturated rings. The average molecular weight is 332 g/mol. The van der Waals surface area contributed by atoms with E-state index in [-0.39, 0.29) is 5.91 Å². The molecule has 3 nitrogen and oxygen atoms in total. The lowest BCUT2D eigenvalue weighted by Gasteiger charge is -2.12.